The summed E-state index contributed by atoms with van der Waals surface area (Å²) < 4.78 is 59.6. The lowest BCUT2D eigenvalue weighted by atomic mass is 9.97. The van der Waals surface area contributed by atoms with Crippen LogP contribution in [0.25, 0.3) is 10.7 Å². The Kier molecular flexibility index (Phi) is 6.28. The number of carbonyl (C=O) groups excluding carboxylic acids is 1. The number of aromatic nitrogens is 2. The van der Waals surface area contributed by atoms with Crippen LogP contribution in [0, 0.1) is 5.41 Å². The third kappa shape index (κ3) is 4.51. The van der Waals surface area contributed by atoms with Gasteiger partial charge in [-0.15, -0.1) is 4.31 Å². The lowest BCUT2D eigenvalue weighted by Crippen LogP contribution is -2.43. The van der Waals surface area contributed by atoms with E-state index in [1.165, 1.54) is 30.6 Å². The minimum absolute atomic E-state index is 0.0710. The van der Waals surface area contributed by atoms with Crippen molar-refractivity contribution in [2.75, 3.05) is 10.8 Å². The van der Waals surface area contributed by atoms with Crippen LogP contribution < -0.4 is 9.29 Å². The van der Waals surface area contributed by atoms with Crippen molar-refractivity contribution in [3.63, 3.8) is 0 Å². The summed E-state index contributed by atoms with van der Waals surface area (Å²) in [4.78, 5) is 18.8. The molecule has 1 aliphatic heterocycles. The Balaban J connectivity index is 2.39. The zero-order valence-electron chi connectivity index (χ0n) is 16.6. The van der Waals surface area contributed by atoms with Gasteiger partial charge in [0.05, 0.1) is 16.6 Å². The zero-order valence-corrected chi connectivity index (χ0v) is 18.9. The molecule has 166 valence electrons. The van der Waals surface area contributed by atoms with Gasteiger partial charge in [-0.05, 0) is 32.9 Å². The molecule has 0 spiro atoms. The van der Waals surface area contributed by atoms with E-state index in [4.69, 9.17) is 27.9 Å². The van der Waals surface area contributed by atoms with Crippen LogP contribution in [-0.4, -0.2) is 32.3 Å². The number of carbonyl (C=O) groups is 1. The average molecular weight is 493 g/mol. The van der Waals surface area contributed by atoms with E-state index in [9.17, 15) is 22.0 Å². The van der Waals surface area contributed by atoms with Crippen LogP contribution >= 0.6 is 23.2 Å². The van der Waals surface area contributed by atoms with Crippen molar-refractivity contribution in [3.8, 4) is 0 Å². The normalized spacial score (nSPS) is 15.8. The van der Waals surface area contributed by atoms with Crippen molar-refractivity contribution < 1.29 is 31.7 Å². The standard InChI is InChI=1S/C19H17Cl2F2N3O4S/c1-19(2,3)18(27)30-15-14-17(25-7-6-24-14)26(9-13(22)23)31(28,29)16(15)11-5-4-10(20)8-12(11)21/h4-8,13H,9H2,1-3H3/p+1. The fraction of sp³-hybridized carbons (Fsp3) is 0.316. The van der Waals surface area contributed by atoms with Crippen molar-refractivity contribution in [3.05, 3.63) is 51.9 Å². The van der Waals surface area contributed by atoms with Crippen molar-refractivity contribution in [1.82, 2.24) is 4.98 Å². The molecule has 0 unspecified atom stereocenters. The lowest BCUT2D eigenvalue weighted by molar-refractivity contribution is -0.364. The van der Waals surface area contributed by atoms with Crippen LogP contribution in [0.5, 0.6) is 0 Å². The van der Waals surface area contributed by atoms with Gasteiger partial charge in [-0.3, -0.25) is 4.79 Å². The number of nitrogens with zero attached hydrogens (tertiary/aromatic N) is 2. The van der Waals surface area contributed by atoms with Crippen LogP contribution in [0.1, 0.15) is 32.0 Å². The van der Waals surface area contributed by atoms with E-state index < -0.39 is 45.0 Å². The highest BCUT2D eigenvalue weighted by Crippen LogP contribution is 2.44. The van der Waals surface area contributed by atoms with E-state index in [-0.39, 0.29) is 27.1 Å². The van der Waals surface area contributed by atoms with Crippen LogP contribution in [-0.2, 0) is 19.6 Å². The quantitative estimate of drug-likeness (QED) is 0.600. The number of halogens is 4. The minimum atomic E-state index is -4.64. The molecule has 1 aromatic heterocycles. The summed E-state index contributed by atoms with van der Waals surface area (Å²) in [6, 6.07) is 3.98. The Hall–Kier alpha value is -2.30. The Labute approximate surface area is 187 Å². The van der Waals surface area contributed by atoms with E-state index in [1.807, 2.05) is 0 Å². The van der Waals surface area contributed by atoms with Gasteiger partial charge in [0.2, 0.25) is 0 Å². The van der Waals surface area contributed by atoms with E-state index in [0.717, 1.165) is 0 Å². The van der Waals surface area contributed by atoms with Crippen molar-refractivity contribution in [2.45, 2.75) is 27.2 Å². The van der Waals surface area contributed by atoms with Crippen LogP contribution in [0.15, 0.2) is 30.6 Å². The number of anilines is 1. The minimum Gasteiger partial charge on any atom is -0.422 e. The molecule has 3 rings (SSSR count). The first-order chi connectivity index (χ1) is 14.3. The van der Waals surface area contributed by atoms with Gasteiger partial charge in [0.1, 0.15) is 6.20 Å². The largest absolute Gasteiger partial charge is 0.422 e. The number of fused-ring (bicyclic) bond motifs is 1. The number of sulfonamides is 1. The van der Waals surface area contributed by atoms with Crippen LogP contribution in [0.2, 0.25) is 10.0 Å². The van der Waals surface area contributed by atoms with Crippen LogP contribution in [0.4, 0.5) is 14.6 Å². The van der Waals surface area contributed by atoms with Gasteiger partial charge in [0.15, 0.2) is 22.9 Å². The number of nitrogens with one attached hydrogen (secondary N) is 1. The Morgan fingerprint density at radius 2 is 1.97 bits per heavy atom. The predicted molar refractivity (Wildman–Crippen MR) is 112 cm³/mol. The first-order valence-corrected chi connectivity index (χ1v) is 11.1. The molecule has 0 atom stereocenters. The molecule has 0 fully saturated rings. The third-order valence-electron chi connectivity index (χ3n) is 4.23. The van der Waals surface area contributed by atoms with Crippen LogP contribution in [0.3, 0.4) is 0 Å². The maximum Gasteiger partial charge on any atom is 0.335 e. The molecule has 0 amide bonds. The van der Waals surface area contributed by atoms with E-state index in [2.05, 4.69) is 9.97 Å². The fourth-order valence-corrected chi connectivity index (χ4v) is 5.06. The molecule has 31 heavy (non-hydrogen) atoms. The van der Waals surface area contributed by atoms with Crippen molar-refractivity contribution >= 4 is 55.7 Å². The molecule has 2 heterocycles. The highest BCUT2D eigenvalue weighted by molar-refractivity contribution is 8.02. The number of hydrogen-bond acceptors (Lipinski definition) is 5. The monoisotopic (exact) mass is 492 g/mol. The molecular formula is C19H18Cl2F2N3O4S+. The summed E-state index contributed by atoms with van der Waals surface area (Å²) in [7, 11) is -4.64. The molecule has 1 N–H and O–H groups in total. The molecule has 2 aromatic rings. The fourth-order valence-electron chi connectivity index (χ4n) is 2.76. The number of hydrogen-bond donors (Lipinski definition) is 0. The molecule has 1 aromatic carbocycles. The molecule has 12 heteroatoms. The van der Waals surface area contributed by atoms with Crippen molar-refractivity contribution in [2.24, 2.45) is 5.41 Å². The number of esters is 1. The second kappa shape index (κ2) is 8.33. The Bertz CT molecular complexity index is 1180. The summed E-state index contributed by atoms with van der Waals surface area (Å²) in [5.74, 6) is -1.42. The third-order valence-corrected chi connectivity index (χ3v) is 6.61. The molecule has 0 radical (unpaired) electrons. The smallest absolute Gasteiger partial charge is 0.335 e. The second-order valence-electron chi connectivity index (χ2n) is 7.64. The van der Waals surface area contributed by atoms with Crippen molar-refractivity contribution in [1.29, 1.82) is 0 Å². The van der Waals surface area contributed by atoms with Gasteiger partial charge in [-0.2, -0.15) is 8.42 Å². The van der Waals surface area contributed by atoms with Gasteiger partial charge in [-0.1, -0.05) is 29.3 Å². The molecule has 1 aliphatic rings. The summed E-state index contributed by atoms with van der Waals surface area (Å²) in [6.07, 6.45) is -0.434. The number of alkyl halides is 2. The average Bonchev–Trinajstić information content (AvgIpc) is 2.65. The molecule has 0 bridgehead atoms. The molecule has 7 nitrogen and oxygen atoms in total. The topological polar surface area (TPSA) is 90.7 Å². The number of ether oxygens (including phenoxy) is 1. The maximum atomic E-state index is 13.5. The highest BCUT2D eigenvalue weighted by atomic mass is 35.5. The van der Waals surface area contributed by atoms with Gasteiger partial charge < -0.3 is 4.74 Å². The zero-order chi connectivity index (χ0) is 23.1. The highest BCUT2D eigenvalue weighted by Gasteiger charge is 2.49. The summed E-state index contributed by atoms with van der Waals surface area (Å²) in [5.41, 5.74) is -1.19. The summed E-state index contributed by atoms with van der Waals surface area (Å²) in [5, 5.41) is 0.155. The van der Waals surface area contributed by atoms with E-state index in [1.54, 1.807) is 20.8 Å². The molecular weight excluding hydrogens is 475 g/mol. The Morgan fingerprint density at radius 1 is 1.29 bits per heavy atom. The Morgan fingerprint density at radius 3 is 2.55 bits per heavy atom. The number of rotatable bonds is 4. The number of aromatic amines is 1. The SMILES string of the molecule is CC(C)(C)C(=O)OC1=C(c2ccc(Cl)cc2Cl)S(=O)(=O)N(CC(F)F)c2[nH+]ccnc21. The number of benzene rings is 1. The van der Waals surface area contributed by atoms with E-state index >= 15 is 0 Å². The second-order valence-corrected chi connectivity index (χ2v) is 10.3. The van der Waals surface area contributed by atoms with Gasteiger partial charge >= 0.3 is 21.8 Å². The molecule has 0 saturated heterocycles. The summed E-state index contributed by atoms with van der Waals surface area (Å²) >= 11 is 12.2. The molecule has 0 aliphatic carbocycles. The predicted octanol–water partition coefficient (Wildman–Crippen LogP) is 4.03. The van der Waals surface area contributed by atoms with Gasteiger partial charge in [-0.25, -0.2) is 18.7 Å². The molecule has 0 saturated carbocycles. The van der Waals surface area contributed by atoms with Gasteiger partial charge in [0.25, 0.3) is 6.43 Å². The first-order valence-electron chi connectivity index (χ1n) is 8.94. The van der Waals surface area contributed by atoms with Gasteiger partial charge in [0, 0.05) is 10.6 Å². The number of H-pyrrole nitrogens is 1. The van der Waals surface area contributed by atoms with E-state index in [0.29, 0.717) is 4.31 Å². The first kappa shape index (κ1) is 23.4. The maximum absolute atomic E-state index is 13.5. The summed E-state index contributed by atoms with van der Waals surface area (Å²) in [6.45, 7) is 3.59. The lowest BCUT2D eigenvalue weighted by Gasteiger charge is -2.27.